The third-order valence-electron chi connectivity index (χ3n) is 2.78. The summed E-state index contributed by atoms with van der Waals surface area (Å²) in [6, 6.07) is 0. The summed E-state index contributed by atoms with van der Waals surface area (Å²) in [4.78, 5) is 13.5. The van der Waals surface area contributed by atoms with Gasteiger partial charge in [-0.15, -0.1) is 11.6 Å². The number of nitrogens with zero attached hydrogens (tertiary/aromatic N) is 1. The van der Waals surface area contributed by atoms with Crippen LogP contribution >= 0.6 is 11.6 Å². The quantitative estimate of drug-likeness (QED) is 0.694. The molecule has 1 amide bonds. The van der Waals surface area contributed by atoms with Crippen molar-refractivity contribution >= 4 is 17.5 Å². The lowest BCUT2D eigenvalue weighted by Gasteiger charge is -2.28. The summed E-state index contributed by atoms with van der Waals surface area (Å²) in [5.74, 6) is 0.397. The second kappa shape index (κ2) is 6.33. The van der Waals surface area contributed by atoms with Crippen molar-refractivity contribution in [3.05, 3.63) is 0 Å². The zero-order valence-corrected chi connectivity index (χ0v) is 10.3. The monoisotopic (exact) mass is 233 g/mol. The molecule has 0 aromatic carbocycles. The highest BCUT2D eigenvalue weighted by molar-refractivity contribution is 6.19. The number of hydrogen-bond acceptors (Lipinski definition) is 2. The van der Waals surface area contributed by atoms with E-state index in [9.17, 15) is 4.79 Å². The molecule has 2 atom stereocenters. The Hall–Kier alpha value is -0.280. The molecule has 0 radical (unpaired) electrons. The summed E-state index contributed by atoms with van der Waals surface area (Å²) in [5.41, 5.74) is 0. The molecule has 0 aliphatic carbocycles. The molecule has 0 aromatic rings. The Morgan fingerprint density at radius 2 is 2.33 bits per heavy atom. The van der Waals surface area contributed by atoms with Crippen molar-refractivity contribution in [2.75, 3.05) is 26.1 Å². The van der Waals surface area contributed by atoms with Crippen LogP contribution in [-0.4, -0.2) is 43.0 Å². The van der Waals surface area contributed by atoms with E-state index in [0.29, 0.717) is 12.4 Å². The third-order valence-corrected chi connectivity index (χ3v) is 3.24. The van der Waals surface area contributed by atoms with E-state index in [1.165, 1.54) is 6.42 Å². The van der Waals surface area contributed by atoms with Gasteiger partial charge in [0.25, 0.3) is 0 Å². The highest BCUT2D eigenvalue weighted by Crippen LogP contribution is 2.14. The lowest BCUT2D eigenvalue weighted by molar-refractivity contribution is -0.135. The number of likely N-dealkylation sites (N-methyl/N-ethyl adjacent to an activating group) is 1. The average molecular weight is 234 g/mol. The Balaban J connectivity index is 2.33. The molecule has 1 rings (SSSR count). The fourth-order valence-corrected chi connectivity index (χ4v) is 1.92. The zero-order valence-electron chi connectivity index (χ0n) is 9.54. The third kappa shape index (κ3) is 3.99. The summed E-state index contributed by atoms with van der Waals surface area (Å²) in [6.07, 6.45) is 3.63. The van der Waals surface area contributed by atoms with Gasteiger partial charge in [0.05, 0.1) is 6.10 Å². The van der Waals surface area contributed by atoms with E-state index < -0.39 is 0 Å². The Morgan fingerprint density at radius 3 is 2.87 bits per heavy atom. The van der Waals surface area contributed by atoms with Gasteiger partial charge in [-0.05, 0) is 19.3 Å². The minimum atomic E-state index is -0.0970. The number of amides is 1. The first kappa shape index (κ1) is 12.8. The summed E-state index contributed by atoms with van der Waals surface area (Å²) in [7, 11) is 1.82. The van der Waals surface area contributed by atoms with E-state index in [4.69, 9.17) is 16.3 Å². The van der Waals surface area contributed by atoms with Crippen molar-refractivity contribution in [1.82, 2.24) is 4.90 Å². The van der Waals surface area contributed by atoms with Gasteiger partial charge in [0, 0.05) is 32.0 Å². The van der Waals surface area contributed by atoms with Crippen molar-refractivity contribution in [2.24, 2.45) is 5.92 Å². The Labute approximate surface area is 96.7 Å². The van der Waals surface area contributed by atoms with Crippen LogP contribution in [0.15, 0.2) is 0 Å². The Morgan fingerprint density at radius 1 is 1.60 bits per heavy atom. The molecular formula is C11H20ClNO2. The second-order valence-electron chi connectivity index (χ2n) is 4.26. The molecule has 4 heteroatoms. The van der Waals surface area contributed by atoms with Crippen LogP contribution in [0.1, 0.15) is 26.2 Å². The Kier molecular flexibility index (Phi) is 5.40. The fourth-order valence-electron chi connectivity index (χ4n) is 1.79. The molecule has 88 valence electrons. The summed E-state index contributed by atoms with van der Waals surface area (Å²) < 4.78 is 5.59. The molecule has 1 aliphatic heterocycles. The standard InChI is InChI=1S/C11H20ClNO2/c1-9(7-12)11(14)13(2)8-10-5-3-4-6-15-10/h9-10H,3-8H2,1-2H3. The van der Waals surface area contributed by atoms with E-state index in [0.717, 1.165) is 19.4 Å². The van der Waals surface area contributed by atoms with Gasteiger partial charge in [-0.1, -0.05) is 6.92 Å². The lowest BCUT2D eigenvalue weighted by atomic mass is 10.1. The van der Waals surface area contributed by atoms with Crippen molar-refractivity contribution in [2.45, 2.75) is 32.3 Å². The lowest BCUT2D eigenvalue weighted by Crippen LogP contribution is -2.39. The minimum absolute atomic E-state index is 0.0970. The number of halogens is 1. The first-order valence-electron chi connectivity index (χ1n) is 5.57. The number of hydrogen-bond donors (Lipinski definition) is 0. The molecule has 1 aliphatic rings. The fraction of sp³-hybridized carbons (Fsp3) is 0.909. The maximum atomic E-state index is 11.7. The topological polar surface area (TPSA) is 29.5 Å². The molecule has 0 spiro atoms. The van der Waals surface area contributed by atoms with E-state index in [1.54, 1.807) is 4.90 Å². The van der Waals surface area contributed by atoms with Gasteiger partial charge < -0.3 is 9.64 Å². The van der Waals surface area contributed by atoms with Crippen LogP contribution in [0.5, 0.6) is 0 Å². The molecule has 0 N–H and O–H groups in total. The predicted molar refractivity (Wildman–Crippen MR) is 61.1 cm³/mol. The molecule has 2 unspecified atom stereocenters. The van der Waals surface area contributed by atoms with Crippen molar-refractivity contribution in [3.63, 3.8) is 0 Å². The van der Waals surface area contributed by atoms with Crippen LogP contribution in [-0.2, 0) is 9.53 Å². The van der Waals surface area contributed by atoms with Crippen molar-refractivity contribution < 1.29 is 9.53 Å². The molecule has 1 saturated heterocycles. The van der Waals surface area contributed by atoms with Crippen LogP contribution in [0.4, 0.5) is 0 Å². The van der Waals surface area contributed by atoms with Gasteiger partial charge in [0.1, 0.15) is 0 Å². The molecule has 0 aromatic heterocycles. The maximum Gasteiger partial charge on any atom is 0.226 e. The van der Waals surface area contributed by atoms with Crippen LogP contribution in [0.3, 0.4) is 0 Å². The molecule has 0 saturated carbocycles. The molecule has 1 heterocycles. The zero-order chi connectivity index (χ0) is 11.3. The predicted octanol–water partition coefficient (Wildman–Crippen LogP) is 1.89. The molecule has 15 heavy (non-hydrogen) atoms. The van der Waals surface area contributed by atoms with E-state index >= 15 is 0 Å². The molecule has 1 fully saturated rings. The number of alkyl halides is 1. The minimum Gasteiger partial charge on any atom is -0.376 e. The molecular weight excluding hydrogens is 214 g/mol. The summed E-state index contributed by atoms with van der Waals surface area (Å²) >= 11 is 5.65. The highest BCUT2D eigenvalue weighted by Gasteiger charge is 2.21. The van der Waals surface area contributed by atoms with E-state index in [-0.39, 0.29) is 17.9 Å². The van der Waals surface area contributed by atoms with Crippen molar-refractivity contribution in [1.29, 1.82) is 0 Å². The number of ether oxygens (including phenoxy) is 1. The highest BCUT2D eigenvalue weighted by atomic mass is 35.5. The SMILES string of the molecule is CC(CCl)C(=O)N(C)CC1CCCCO1. The van der Waals surface area contributed by atoms with Crippen LogP contribution in [0.25, 0.3) is 0 Å². The molecule has 3 nitrogen and oxygen atoms in total. The first-order chi connectivity index (χ1) is 7.15. The van der Waals surface area contributed by atoms with Crippen LogP contribution < -0.4 is 0 Å². The summed E-state index contributed by atoms with van der Waals surface area (Å²) in [5, 5.41) is 0. The van der Waals surface area contributed by atoms with Crippen LogP contribution in [0.2, 0.25) is 0 Å². The average Bonchev–Trinajstić information content (AvgIpc) is 2.28. The Bertz CT molecular complexity index is 205. The van der Waals surface area contributed by atoms with E-state index in [1.807, 2.05) is 14.0 Å². The number of carbonyl (C=O) groups is 1. The molecule has 0 bridgehead atoms. The number of rotatable bonds is 4. The van der Waals surface area contributed by atoms with E-state index in [2.05, 4.69) is 0 Å². The van der Waals surface area contributed by atoms with Crippen molar-refractivity contribution in [3.8, 4) is 0 Å². The van der Waals surface area contributed by atoms with Crippen LogP contribution in [0, 0.1) is 5.92 Å². The number of carbonyl (C=O) groups excluding carboxylic acids is 1. The normalized spacial score (nSPS) is 23.5. The van der Waals surface area contributed by atoms with Gasteiger partial charge in [0.2, 0.25) is 5.91 Å². The summed E-state index contributed by atoms with van der Waals surface area (Å²) in [6.45, 7) is 3.38. The van der Waals surface area contributed by atoms with Gasteiger partial charge >= 0.3 is 0 Å². The van der Waals surface area contributed by atoms with Gasteiger partial charge in [-0.25, -0.2) is 0 Å². The van der Waals surface area contributed by atoms with Gasteiger partial charge in [-0.2, -0.15) is 0 Å². The van der Waals surface area contributed by atoms with Gasteiger partial charge in [0.15, 0.2) is 0 Å². The smallest absolute Gasteiger partial charge is 0.226 e. The second-order valence-corrected chi connectivity index (χ2v) is 4.57. The first-order valence-corrected chi connectivity index (χ1v) is 6.11. The largest absolute Gasteiger partial charge is 0.376 e. The van der Waals surface area contributed by atoms with Gasteiger partial charge in [-0.3, -0.25) is 4.79 Å². The maximum absolute atomic E-state index is 11.7.